The van der Waals surface area contributed by atoms with E-state index in [1.54, 1.807) is 7.11 Å². The molecule has 0 aliphatic rings. The molecule has 1 unspecified atom stereocenters. The van der Waals surface area contributed by atoms with Crippen LogP contribution in [0.15, 0.2) is 24.3 Å². The van der Waals surface area contributed by atoms with Crippen molar-refractivity contribution in [3.05, 3.63) is 29.8 Å². The van der Waals surface area contributed by atoms with Gasteiger partial charge in [-0.15, -0.1) is 11.6 Å². The predicted molar refractivity (Wildman–Crippen MR) is 70.4 cm³/mol. The molecule has 1 atom stereocenters. The summed E-state index contributed by atoms with van der Waals surface area (Å²) >= 11 is 6.35. The maximum absolute atomic E-state index is 6.35. The number of methoxy groups -OCH3 is 1. The van der Waals surface area contributed by atoms with E-state index in [1.807, 2.05) is 12.1 Å². The molecule has 0 aliphatic heterocycles. The molecule has 0 heterocycles. The zero-order valence-corrected chi connectivity index (χ0v) is 11.3. The Hall–Kier alpha value is -0.690. The summed E-state index contributed by atoms with van der Waals surface area (Å²) in [6.07, 6.45) is 1.92. The Bertz CT molecular complexity index is 328. The molecule has 0 spiro atoms. The van der Waals surface area contributed by atoms with Gasteiger partial charge in [-0.05, 0) is 36.0 Å². The topological polar surface area (TPSA) is 9.23 Å². The van der Waals surface area contributed by atoms with Gasteiger partial charge in [-0.2, -0.15) is 0 Å². The third-order valence-corrected chi connectivity index (χ3v) is 2.73. The average Bonchev–Trinajstić information content (AvgIpc) is 2.15. The second-order valence-corrected chi connectivity index (χ2v) is 6.03. The van der Waals surface area contributed by atoms with Crippen LogP contribution in [0.3, 0.4) is 0 Å². The lowest BCUT2D eigenvalue weighted by molar-refractivity contribution is 0.369. The quantitative estimate of drug-likeness (QED) is 0.714. The van der Waals surface area contributed by atoms with Gasteiger partial charge in [0.2, 0.25) is 0 Å². The molecule has 2 heteroatoms. The highest BCUT2D eigenvalue weighted by Gasteiger charge is 2.17. The molecule has 1 aromatic rings. The normalized spacial score (nSPS) is 13.6. The van der Waals surface area contributed by atoms with Crippen molar-refractivity contribution in [2.24, 2.45) is 5.41 Å². The third kappa shape index (κ3) is 4.89. The molecule has 0 saturated carbocycles. The Morgan fingerprint density at radius 2 is 2.00 bits per heavy atom. The van der Waals surface area contributed by atoms with E-state index in [4.69, 9.17) is 16.3 Å². The predicted octanol–water partition coefficient (Wildman–Crippen LogP) is 4.28. The highest BCUT2D eigenvalue weighted by Crippen LogP contribution is 2.26. The van der Waals surface area contributed by atoms with Crippen molar-refractivity contribution in [3.63, 3.8) is 0 Å². The minimum atomic E-state index is 0.187. The van der Waals surface area contributed by atoms with Crippen LogP contribution in [0.25, 0.3) is 0 Å². The minimum absolute atomic E-state index is 0.187. The van der Waals surface area contributed by atoms with Gasteiger partial charge in [0.25, 0.3) is 0 Å². The Labute approximate surface area is 104 Å². The fourth-order valence-electron chi connectivity index (χ4n) is 1.79. The van der Waals surface area contributed by atoms with Gasteiger partial charge in [0.05, 0.1) is 7.11 Å². The van der Waals surface area contributed by atoms with E-state index < -0.39 is 0 Å². The highest BCUT2D eigenvalue weighted by atomic mass is 35.5. The second kappa shape index (κ2) is 5.58. The van der Waals surface area contributed by atoms with Crippen molar-refractivity contribution < 1.29 is 4.74 Å². The smallest absolute Gasteiger partial charge is 0.119 e. The van der Waals surface area contributed by atoms with Crippen molar-refractivity contribution in [2.45, 2.75) is 39.0 Å². The minimum Gasteiger partial charge on any atom is -0.497 e. The molecule has 0 amide bonds. The monoisotopic (exact) mass is 240 g/mol. The lowest BCUT2D eigenvalue weighted by Gasteiger charge is -2.21. The molecule has 0 bridgehead atoms. The fourth-order valence-corrected chi connectivity index (χ4v) is 2.43. The number of ether oxygens (including phenoxy) is 1. The summed E-state index contributed by atoms with van der Waals surface area (Å²) in [7, 11) is 1.69. The number of halogens is 1. The maximum Gasteiger partial charge on any atom is 0.119 e. The summed E-state index contributed by atoms with van der Waals surface area (Å²) in [5, 5.41) is 0.187. The van der Waals surface area contributed by atoms with Gasteiger partial charge < -0.3 is 4.74 Å². The first kappa shape index (κ1) is 13.4. The van der Waals surface area contributed by atoms with E-state index in [-0.39, 0.29) is 10.8 Å². The summed E-state index contributed by atoms with van der Waals surface area (Å²) in [5.41, 5.74) is 1.52. The SMILES string of the molecule is COc1cccc(CC(Cl)CC(C)(C)C)c1. The van der Waals surface area contributed by atoms with E-state index in [2.05, 4.69) is 32.9 Å². The number of benzene rings is 1. The van der Waals surface area contributed by atoms with E-state index >= 15 is 0 Å². The molecule has 1 nitrogen and oxygen atoms in total. The van der Waals surface area contributed by atoms with E-state index in [9.17, 15) is 0 Å². The van der Waals surface area contributed by atoms with Gasteiger partial charge >= 0.3 is 0 Å². The third-order valence-electron chi connectivity index (χ3n) is 2.43. The largest absolute Gasteiger partial charge is 0.497 e. The van der Waals surface area contributed by atoms with Crippen LogP contribution in [0.4, 0.5) is 0 Å². The Kier molecular flexibility index (Phi) is 4.67. The van der Waals surface area contributed by atoms with Crippen LogP contribution >= 0.6 is 11.6 Å². The van der Waals surface area contributed by atoms with Crippen molar-refractivity contribution in [2.75, 3.05) is 7.11 Å². The van der Waals surface area contributed by atoms with Gasteiger partial charge in [-0.25, -0.2) is 0 Å². The van der Waals surface area contributed by atoms with Crippen LogP contribution in [0, 0.1) is 5.41 Å². The van der Waals surface area contributed by atoms with E-state index in [0.717, 1.165) is 18.6 Å². The standard InChI is InChI=1S/C14H21ClO/c1-14(2,3)10-12(15)8-11-6-5-7-13(9-11)16-4/h5-7,9,12H,8,10H2,1-4H3. The Morgan fingerprint density at radius 3 is 2.56 bits per heavy atom. The van der Waals surface area contributed by atoms with Gasteiger partial charge in [-0.3, -0.25) is 0 Å². The molecule has 1 aromatic carbocycles. The van der Waals surface area contributed by atoms with Gasteiger partial charge in [-0.1, -0.05) is 32.9 Å². The van der Waals surface area contributed by atoms with Crippen LogP contribution in [0.2, 0.25) is 0 Å². The molecule has 0 radical (unpaired) electrons. The lowest BCUT2D eigenvalue weighted by atomic mass is 9.88. The van der Waals surface area contributed by atoms with Gasteiger partial charge in [0.1, 0.15) is 5.75 Å². The molecular formula is C14H21ClO. The number of rotatable bonds is 4. The molecule has 1 rings (SSSR count). The molecule has 16 heavy (non-hydrogen) atoms. The highest BCUT2D eigenvalue weighted by molar-refractivity contribution is 6.20. The maximum atomic E-state index is 6.35. The second-order valence-electron chi connectivity index (χ2n) is 5.42. The van der Waals surface area contributed by atoms with Crippen LogP contribution in [0.1, 0.15) is 32.8 Å². The Morgan fingerprint density at radius 1 is 1.31 bits per heavy atom. The summed E-state index contributed by atoms with van der Waals surface area (Å²) < 4.78 is 5.19. The lowest BCUT2D eigenvalue weighted by Crippen LogP contribution is -2.15. The molecule has 0 fully saturated rings. The molecule has 0 N–H and O–H groups in total. The Balaban J connectivity index is 2.59. The van der Waals surface area contributed by atoms with Crippen molar-refractivity contribution in [1.82, 2.24) is 0 Å². The zero-order valence-electron chi connectivity index (χ0n) is 10.6. The van der Waals surface area contributed by atoms with E-state index in [1.165, 1.54) is 5.56 Å². The first-order valence-electron chi connectivity index (χ1n) is 5.68. The van der Waals surface area contributed by atoms with Crippen molar-refractivity contribution in [1.29, 1.82) is 0 Å². The molecule has 90 valence electrons. The number of alkyl halides is 1. The van der Waals surface area contributed by atoms with Crippen molar-refractivity contribution in [3.8, 4) is 5.75 Å². The first-order chi connectivity index (χ1) is 7.40. The van der Waals surface area contributed by atoms with Crippen LogP contribution < -0.4 is 4.74 Å². The fraction of sp³-hybridized carbons (Fsp3) is 0.571. The van der Waals surface area contributed by atoms with E-state index in [0.29, 0.717) is 0 Å². The number of hydrogen-bond acceptors (Lipinski definition) is 1. The summed E-state index contributed by atoms with van der Waals surface area (Å²) in [5.74, 6) is 0.900. The molecule has 0 aliphatic carbocycles. The number of hydrogen-bond donors (Lipinski definition) is 0. The zero-order chi connectivity index (χ0) is 12.2. The molecule has 0 saturated heterocycles. The molecular weight excluding hydrogens is 220 g/mol. The van der Waals surface area contributed by atoms with Crippen LogP contribution in [-0.2, 0) is 6.42 Å². The first-order valence-corrected chi connectivity index (χ1v) is 6.11. The van der Waals surface area contributed by atoms with Crippen molar-refractivity contribution >= 4 is 11.6 Å². The van der Waals surface area contributed by atoms with Crippen LogP contribution in [0.5, 0.6) is 5.75 Å². The summed E-state index contributed by atoms with van der Waals surface area (Å²) in [4.78, 5) is 0. The van der Waals surface area contributed by atoms with Gasteiger partial charge in [0.15, 0.2) is 0 Å². The van der Waals surface area contributed by atoms with Gasteiger partial charge in [0, 0.05) is 5.38 Å². The average molecular weight is 241 g/mol. The molecule has 0 aromatic heterocycles. The van der Waals surface area contributed by atoms with Crippen LogP contribution in [-0.4, -0.2) is 12.5 Å². The summed E-state index contributed by atoms with van der Waals surface area (Å²) in [6.45, 7) is 6.65. The summed E-state index contributed by atoms with van der Waals surface area (Å²) in [6, 6.07) is 8.12.